The van der Waals surface area contributed by atoms with E-state index in [-0.39, 0.29) is 6.54 Å². The molecule has 0 unspecified atom stereocenters. The molecule has 0 saturated heterocycles. The van der Waals surface area contributed by atoms with Crippen LogP contribution in [0, 0.1) is 23.7 Å². The first kappa shape index (κ1) is 13.8. The van der Waals surface area contributed by atoms with Crippen molar-refractivity contribution in [3.05, 3.63) is 0 Å². The Morgan fingerprint density at radius 2 is 1.63 bits per heavy atom. The van der Waals surface area contributed by atoms with Gasteiger partial charge >= 0.3 is 0 Å². The summed E-state index contributed by atoms with van der Waals surface area (Å²) in [5.74, 6) is 2.25. The zero-order chi connectivity index (χ0) is 13.6. The SMILES string of the molecule is O=S(=O)(O)C[C@H](F)CNC1C2CC3CC(C2)CC1C3. The molecule has 1 atom stereocenters. The van der Waals surface area contributed by atoms with Gasteiger partial charge in [-0.25, -0.2) is 4.39 Å². The normalized spacial score (nSPS) is 42.5. The summed E-state index contributed by atoms with van der Waals surface area (Å²) in [6.45, 7) is 0.0345. The molecule has 4 bridgehead atoms. The Hall–Kier alpha value is -0.200. The van der Waals surface area contributed by atoms with Gasteiger partial charge in [0.15, 0.2) is 0 Å². The fraction of sp³-hybridized carbons (Fsp3) is 1.00. The molecule has 110 valence electrons. The number of rotatable bonds is 5. The fourth-order valence-corrected chi connectivity index (χ4v) is 5.38. The van der Waals surface area contributed by atoms with Crippen molar-refractivity contribution in [3.8, 4) is 0 Å². The van der Waals surface area contributed by atoms with Crippen LogP contribution < -0.4 is 5.32 Å². The molecule has 0 spiro atoms. The maximum atomic E-state index is 13.5. The minimum atomic E-state index is -4.21. The molecule has 0 radical (unpaired) electrons. The fourth-order valence-electron chi connectivity index (χ4n) is 4.81. The smallest absolute Gasteiger partial charge is 0.267 e. The van der Waals surface area contributed by atoms with E-state index < -0.39 is 22.0 Å². The molecule has 0 heterocycles. The van der Waals surface area contributed by atoms with Gasteiger partial charge in [0, 0.05) is 12.6 Å². The zero-order valence-corrected chi connectivity index (χ0v) is 11.8. The lowest BCUT2D eigenvalue weighted by Crippen LogP contribution is -2.55. The lowest BCUT2D eigenvalue weighted by Gasteiger charge is -2.54. The lowest BCUT2D eigenvalue weighted by molar-refractivity contribution is -0.0150. The van der Waals surface area contributed by atoms with E-state index >= 15 is 0 Å². The van der Waals surface area contributed by atoms with Crippen molar-refractivity contribution in [1.82, 2.24) is 5.32 Å². The molecule has 4 nitrogen and oxygen atoms in total. The minimum absolute atomic E-state index is 0.0345. The van der Waals surface area contributed by atoms with Crippen LogP contribution in [-0.4, -0.2) is 37.5 Å². The largest absolute Gasteiger partial charge is 0.311 e. The number of hydrogen-bond acceptors (Lipinski definition) is 3. The third-order valence-electron chi connectivity index (χ3n) is 5.19. The number of halogens is 1. The highest BCUT2D eigenvalue weighted by Crippen LogP contribution is 2.53. The quantitative estimate of drug-likeness (QED) is 0.756. The van der Waals surface area contributed by atoms with Crippen LogP contribution >= 0.6 is 0 Å². The first-order valence-corrected chi connectivity index (χ1v) is 8.84. The molecule has 4 saturated carbocycles. The van der Waals surface area contributed by atoms with Crippen LogP contribution in [0.4, 0.5) is 4.39 Å². The number of nitrogens with one attached hydrogen (secondary N) is 1. The van der Waals surface area contributed by atoms with Gasteiger partial charge in [0.25, 0.3) is 10.1 Å². The summed E-state index contributed by atoms with van der Waals surface area (Å²) in [6.07, 6.45) is 4.86. The molecular weight excluding hydrogens is 269 g/mol. The first-order valence-electron chi connectivity index (χ1n) is 7.23. The number of hydrogen-bond donors (Lipinski definition) is 2. The molecule has 0 aromatic carbocycles. The summed E-state index contributed by atoms with van der Waals surface area (Å²) < 4.78 is 43.4. The summed E-state index contributed by atoms with van der Waals surface area (Å²) in [7, 11) is -4.21. The van der Waals surface area contributed by atoms with Crippen molar-refractivity contribution in [2.75, 3.05) is 12.3 Å². The van der Waals surface area contributed by atoms with Crippen LogP contribution in [0.3, 0.4) is 0 Å². The van der Waals surface area contributed by atoms with Crippen molar-refractivity contribution in [3.63, 3.8) is 0 Å². The monoisotopic (exact) mass is 291 g/mol. The predicted molar refractivity (Wildman–Crippen MR) is 70.1 cm³/mol. The van der Waals surface area contributed by atoms with E-state index in [2.05, 4.69) is 5.32 Å². The Bertz CT molecular complexity index is 411. The van der Waals surface area contributed by atoms with Crippen molar-refractivity contribution < 1.29 is 17.4 Å². The summed E-state index contributed by atoms with van der Waals surface area (Å²) in [5, 5.41) is 3.24. The van der Waals surface area contributed by atoms with Gasteiger partial charge in [0.05, 0.1) is 0 Å². The van der Waals surface area contributed by atoms with Gasteiger partial charge in [0.1, 0.15) is 11.9 Å². The Kier molecular flexibility index (Phi) is 3.60. The van der Waals surface area contributed by atoms with Crippen molar-refractivity contribution >= 4 is 10.1 Å². The molecule has 4 rings (SSSR count). The Morgan fingerprint density at radius 3 is 2.11 bits per heavy atom. The van der Waals surface area contributed by atoms with E-state index in [1.165, 1.54) is 32.1 Å². The molecule has 2 N–H and O–H groups in total. The van der Waals surface area contributed by atoms with Crippen LogP contribution in [0.2, 0.25) is 0 Å². The van der Waals surface area contributed by atoms with Gasteiger partial charge in [-0.15, -0.1) is 0 Å². The van der Waals surface area contributed by atoms with E-state index in [9.17, 15) is 12.8 Å². The average molecular weight is 291 g/mol. The second-order valence-corrected chi connectivity index (χ2v) is 8.21. The molecule has 0 aliphatic heterocycles. The molecule has 4 aliphatic carbocycles. The predicted octanol–water partition coefficient (Wildman–Crippen LogP) is 1.63. The van der Waals surface area contributed by atoms with E-state index in [0.717, 1.165) is 11.8 Å². The summed E-state index contributed by atoms with van der Waals surface area (Å²) in [5.41, 5.74) is 0. The summed E-state index contributed by atoms with van der Waals surface area (Å²) in [6, 6.07) is 0.354. The summed E-state index contributed by atoms with van der Waals surface area (Å²) >= 11 is 0. The molecule has 0 amide bonds. The Balaban J connectivity index is 1.53. The van der Waals surface area contributed by atoms with Crippen LogP contribution in [0.15, 0.2) is 0 Å². The molecule has 4 aliphatic rings. The third kappa shape index (κ3) is 3.11. The van der Waals surface area contributed by atoms with Crippen LogP contribution in [0.5, 0.6) is 0 Å². The first-order chi connectivity index (χ1) is 8.90. The third-order valence-corrected chi connectivity index (χ3v) is 5.98. The Labute approximate surface area is 113 Å². The standard InChI is InChI=1S/C13H22FNO3S/c14-12(7-19(16,17)18)6-15-13-10-2-8-1-9(4-10)5-11(13)3-8/h8-13,15H,1-7H2,(H,16,17,18)/t8?,9?,10?,11?,12-,13?/m1/s1. The van der Waals surface area contributed by atoms with E-state index in [4.69, 9.17) is 4.55 Å². The highest BCUT2D eigenvalue weighted by molar-refractivity contribution is 7.85. The Morgan fingerprint density at radius 1 is 1.11 bits per heavy atom. The van der Waals surface area contributed by atoms with Gasteiger partial charge in [0.2, 0.25) is 0 Å². The molecule has 6 heteroatoms. The van der Waals surface area contributed by atoms with Crippen molar-refractivity contribution in [2.24, 2.45) is 23.7 Å². The molecule has 19 heavy (non-hydrogen) atoms. The van der Waals surface area contributed by atoms with Crippen molar-refractivity contribution in [2.45, 2.75) is 44.3 Å². The van der Waals surface area contributed by atoms with Crippen molar-refractivity contribution in [1.29, 1.82) is 0 Å². The topological polar surface area (TPSA) is 66.4 Å². The highest BCUT2D eigenvalue weighted by atomic mass is 32.2. The van der Waals surface area contributed by atoms with Crippen LogP contribution in [0.1, 0.15) is 32.1 Å². The molecular formula is C13H22FNO3S. The second kappa shape index (κ2) is 4.97. The van der Waals surface area contributed by atoms with Gasteiger partial charge in [-0.05, 0) is 55.8 Å². The van der Waals surface area contributed by atoms with Gasteiger partial charge in [-0.1, -0.05) is 0 Å². The molecule has 0 aromatic rings. The molecule has 4 fully saturated rings. The van der Waals surface area contributed by atoms with E-state index in [0.29, 0.717) is 17.9 Å². The average Bonchev–Trinajstić information content (AvgIpc) is 2.24. The minimum Gasteiger partial charge on any atom is -0.311 e. The highest BCUT2D eigenvalue weighted by Gasteiger charge is 2.47. The van der Waals surface area contributed by atoms with Crippen LogP contribution in [-0.2, 0) is 10.1 Å². The summed E-state index contributed by atoms with van der Waals surface area (Å²) in [4.78, 5) is 0. The van der Waals surface area contributed by atoms with Gasteiger partial charge in [-0.2, -0.15) is 8.42 Å². The second-order valence-electron chi connectivity index (χ2n) is 6.71. The maximum absolute atomic E-state index is 13.5. The lowest BCUT2D eigenvalue weighted by atomic mass is 9.54. The van der Waals surface area contributed by atoms with Gasteiger partial charge in [-0.3, -0.25) is 4.55 Å². The van der Waals surface area contributed by atoms with E-state index in [1.807, 2.05) is 0 Å². The van der Waals surface area contributed by atoms with Gasteiger partial charge < -0.3 is 5.32 Å². The van der Waals surface area contributed by atoms with Crippen LogP contribution in [0.25, 0.3) is 0 Å². The maximum Gasteiger partial charge on any atom is 0.267 e. The zero-order valence-electron chi connectivity index (χ0n) is 11.0. The number of alkyl halides is 1. The van der Waals surface area contributed by atoms with E-state index in [1.54, 1.807) is 0 Å². The molecule has 0 aromatic heterocycles.